The van der Waals surface area contributed by atoms with E-state index in [-0.39, 0.29) is 5.97 Å². The van der Waals surface area contributed by atoms with Gasteiger partial charge in [0.1, 0.15) is 16.1 Å². The van der Waals surface area contributed by atoms with E-state index < -0.39 is 0 Å². The average Bonchev–Trinajstić information content (AvgIpc) is 2.72. The maximum atomic E-state index is 11.7. The summed E-state index contributed by atoms with van der Waals surface area (Å²) in [5.74, 6) is 0.379. The summed E-state index contributed by atoms with van der Waals surface area (Å²) in [4.78, 5) is 16.1. The van der Waals surface area contributed by atoms with E-state index in [1.807, 2.05) is 6.07 Å². The number of pyridine rings is 1. The minimum atomic E-state index is -0.385. The highest BCUT2D eigenvalue weighted by Crippen LogP contribution is 2.21. The summed E-state index contributed by atoms with van der Waals surface area (Å²) >= 11 is 3.39. The van der Waals surface area contributed by atoms with Crippen LogP contribution in [0.25, 0.3) is 5.52 Å². The molecule has 2 aromatic rings. The fraction of sp³-hybridized carbons (Fsp3) is 0.333. The number of aromatic nitrogens is 2. The van der Waals surface area contributed by atoms with Crippen molar-refractivity contribution in [2.24, 2.45) is 0 Å². The average molecular weight is 313 g/mol. The van der Waals surface area contributed by atoms with Gasteiger partial charge in [0.05, 0.1) is 19.2 Å². The Morgan fingerprint density at radius 1 is 1.44 bits per heavy atom. The summed E-state index contributed by atoms with van der Waals surface area (Å²) in [7, 11) is 2.99. The summed E-state index contributed by atoms with van der Waals surface area (Å²) in [5, 5.41) is 0. The van der Waals surface area contributed by atoms with Crippen molar-refractivity contribution in [2.45, 2.75) is 6.42 Å². The zero-order chi connectivity index (χ0) is 13.1. The summed E-state index contributed by atoms with van der Waals surface area (Å²) < 4.78 is 12.3. The third-order valence-corrected chi connectivity index (χ3v) is 3.19. The van der Waals surface area contributed by atoms with Crippen molar-refractivity contribution in [3.05, 3.63) is 34.3 Å². The molecule has 96 valence electrons. The van der Waals surface area contributed by atoms with Gasteiger partial charge in [0.25, 0.3) is 0 Å². The van der Waals surface area contributed by atoms with Crippen LogP contribution in [0.1, 0.15) is 16.3 Å². The van der Waals surface area contributed by atoms with E-state index in [9.17, 15) is 4.79 Å². The number of carbonyl (C=O) groups is 1. The lowest BCUT2D eigenvalue weighted by molar-refractivity contribution is 0.0591. The maximum Gasteiger partial charge on any atom is 0.355 e. The van der Waals surface area contributed by atoms with Gasteiger partial charge in [-0.15, -0.1) is 0 Å². The van der Waals surface area contributed by atoms with Crippen molar-refractivity contribution in [3.63, 3.8) is 0 Å². The molecule has 0 saturated heterocycles. The Labute approximate surface area is 113 Å². The molecule has 0 bridgehead atoms. The second-order valence-electron chi connectivity index (χ2n) is 3.68. The Hall–Kier alpha value is -1.40. The molecule has 0 N–H and O–H groups in total. The summed E-state index contributed by atoms with van der Waals surface area (Å²) in [6.07, 6.45) is 0.622. The van der Waals surface area contributed by atoms with Crippen LogP contribution in [0.15, 0.2) is 22.8 Å². The third kappa shape index (κ3) is 2.26. The summed E-state index contributed by atoms with van der Waals surface area (Å²) in [6.45, 7) is 0.543. The van der Waals surface area contributed by atoms with E-state index in [1.54, 1.807) is 23.6 Å². The van der Waals surface area contributed by atoms with E-state index in [2.05, 4.69) is 20.9 Å². The van der Waals surface area contributed by atoms with Gasteiger partial charge in [-0.25, -0.2) is 9.78 Å². The van der Waals surface area contributed by atoms with Crippen LogP contribution in [0.4, 0.5) is 0 Å². The molecule has 0 aromatic carbocycles. The lowest BCUT2D eigenvalue weighted by Crippen LogP contribution is -2.11. The van der Waals surface area contributed by atoms with Gasteiger partial charge in [-0.3, -0.25) is 4.40 Å². The van der Waals surface area contributed by atoms with Crippen molar-refractivity contribution in [1.29, 1.82) is 0 Å². The van der Waals surface area contributed by atoms with Gasteiger partial charge in [0.15, 0.2) is 0 Å². The molecule has 2 aromatic heterocycles. The van der Waals surface area contributed by atoms with E-state index in [0.29, 0.717) is 23.3 Å². The number of ether oxygens (including phenoxy) is 2. The second-order valence-corrected chi connectivity index (χ2v) is 4.44. The lowest BCUT2D eigenvalue weighted by atomic mass is 10.3. The number of esters is 1. The first-order valence-electron chi connectivity index (χ1n) is 5.42. The molecule has 0 fully saturated rings. The number of rotatable bonds is 4. The molecule has 0 spiro atoms. The van der Waals surface area contributed by atoms with Crippen molar-refractivity contribution >= 4 is 27.4 Å². The SMILES string of the molecule is COCCc1nc(Br)c2cccc(C(=O)OC)n12. The van der Waals surface area contributed by atoms with Gasteiger partial charge in [-0.1, -0.05) is 6.07 Å². The summed E-state index contributed by atoms with van der Waals surface area (Å²) in [5.41, 5.74) is 1.29. The minimum absolute atomic E-state index is 0.385. The molecule has 0 aliphatic rings. The second kappa shape index (κ2) is 5.49. The highest BCUT2D eigenvalue weighted by molar-refractivity contribution is 9.10. The van der Waals surface area contributed by atoms with E-state index >= 15 is 0 Å². The molecule has 2 rings (SSSR count). The first-order chi connectivity index (χ1) is 8.69. The monoisotopic (exact) mass is 312 g/mol. The topological polar surface area (TPSA) is 52.8 Å². The maximum absolute atomic E-state index is 11.7. The van der Waals surface area contributed by atoms with Crippen LogP contribution in [0.5, 0.6) is 0 Å². The minimum Gasteiger partial charge on any atom is -0.464 e. The Morgan fingerprint density at radius 2 is 2.22 bits per heavy atom. The van der Waals surface area contributed by atoms with Crippen molar-refractivity contribution in [1.82, 2.24) is 9.38 Å². The standard InChI is InChI=1S/C12H13BrN2O3/c1-17-7-6-10-14-11(13)8-4-3-5-9(15(8)10)12(16)18-2/h3-5H,6-7H2,1-2H3. The number of hydrogen-bond donors (Lipinski definition) is 0. The normalized spacial score (nSPS) is 10.8. The number of imidazole rings is 1. The van der Waals surface area contributed by atoms with E-state index in [1.165, 1.54) is 7.11 Å². The van der Waals surface area contributed by atoms with Crippen LogP contribution >= 0.6 is 15.9 Å². The number of hydrogen-bond acceptors (Lipinski definition) is 4. The van der Waals surface area contributed by atoms with Crippen LogP contribution in [-0.4, -0.2) is 36.2 Å². The molecule has 0 amide bonds. The van der Waals surface area contributed by atoms with Crippen LogP contribution in [0, 0.1) is 0 Å². The highest BCUT2D eigenvalue weighted by atomic mass is 79.9. The lowest BCUT2D eigenvalue weighted by Gasteiger charge is -2.06. The quantitative estimate of drug-likeness (QED) is 0.811. The van der Waals surface area contributed by atoms with Gasteiger partial charge < -0.3 is 9.47 Å². The molecular formula is C12H13BrN2O3. The van der Waals surface area contributed by atoms with E-state index in [4.69, 9.17) is 9.47 Å². The Balaban J connectivity index is 2.60. The van der Waals surface area contributed by atoms with Gasteiger partial charge in [-0.05, 0) is 28.1 Å². The van der Waals surface area contributed by atoms with Crippen LogP contribution < -0.4 is 0 Å². The van der Waals surface area contributed by atoms with Crippen molar-refractivity contribution < 1.29 is 14.3 Å². The van der Waals surface area contributed by atoms with Crippen molar-refractivity contribution in [3.8, 4) is 0 Å². The van der Waals surface area contributed by atoms with Gasteiger partial charge in [0, 0.05) is 13.5 Å². The molecule has 18 heavy (non-hydrogen) atoms. The molecule has 6 heteroatoms. The molecule has 0 radical (unpaired) electrons. The smallest absolute Gasteiger partial charge is 0.355 e. The zero-order valence-electron chi connectivity index (χ0n) is 10.1. The molecule has 0 saturated carbocycles. The Morgan fingerprint density at radius 3 is 2.89 bits per heavy atom. The third-order valence-electron chi connectivity index (χ3n) is 2.61. The van der Waals surface area contributed by atoms with Gasteiger partial charge in [-0.2, -0.15) is 0 Å². The van der Waals surface area contributed by atoms with Crippen LogP contribution in [0.3, 0.4) is 0 Å². The number of fused-ring (bicyclic) bond motifs is 1. The largest absolute Gasteiger partial charge is 0.464 e. The van der Waals surface area contributed by atoms with Crippen LogP contribution in [-0.2, 0) is 15.9 Å². The number of nitrogens with zero attached hydrogens (tertiary/aromatic N) is 2. The number of carbonyl (C=O) groups excluding carboxylic acids is 1. The zero-order valence-corrected chi connectivity index (χ0v) is 11.7. The molecule has 0 aliphatic heterocycles. The number of methoxy groups -OCH3 is 2. The summed E-state index contributed by atoms with van der Waals surface area (Å²) in [6, 6.07) is 5.40. The van der Waals surface area contributed by atoms with Gasteiger partial charge in [0.2, 0.25) is 0 Å². The molecule has 0 atom stereocenters. The predicted molar refractivity (Wildman–Crippen MR) is 69.8 cm³/mol. The highest BCUT2D eigenvalue weighted by Gasteiger charge is 2.16. The Kier molecular flexibility index (Phi) is 3.98. The fourth-order valence-corrected chi connectivity index (χ4v) is 2.31. The first kappa shape index (κ1) is 13.0. The Bertz CT molecular complexity index is 580. The van der Waals surface area contributed by atoms with Gasteiger partial charge >= 0.3 is 5.97 Å². The fourth-order valence-electron chi connectivity index (χ4n) is 1.79. The molecule has 0 unspecified atom stereocenters. The molecule has 0 aliphatic carbocycles. The van der Waals surface area contributed by atoms with Crippen LogP contribution in [0.2, 0.25) is 0 Å². The first-order valence-corrected chi connectivity index (χ1v) is 6.21. The molecule has 5 nitrogen and oxygen atoms in total. The van der Waals surface area contributed by atoms with Crippen molar-refractivity contribution in [2.75, 3.05) is 20.8 Å². The number of halogens is 1. The van der Waals surface area contributed by atoms with E-state index in [0.717, 1.165) is 11.3 Å². The molecular weight excluding hydrogens is 300 g/mol. The predicted octanol–water partition coefficient (Wildman–Crippen LogP) is 2.07. The molecule has 2 heterocycles.